The Bertz CT molecular complexity index is 410. The van der Waals surface area contributed by atoms with E-state index in [0.29, 0.717) is 11.3 Å². The summed E-state index contributed by atoms with van der Waals surface area (Å²) in [6.45, 7) is 3.33. The number of aliphatic hydroxyl groups excluding tert-OH is 1. The van der Waals surface area contributed by atoms with Crippen LogP contribution in [0.15, 0.2) is 24.3 Å². The van der Waals surface area contributed by atoms with Gasteiger partial charge in [-0.15, -0.1) is 0 Å². The first-order chi connectivity index (χ1) is 8.80. The second-order valence-electron chi connectivity index (χ2n) is 4.64. The van der Waals surface area contributed by atoms with Crippen LogP contribution in [0.1, 0.15) is 25.5 Å². The zero-order valence-electron chi connectivity index (χ0n) is 11.0. The lowest BCUT2D eigenvalue weighted by atomic mass is 9.95. The summed E-state index contributed by atoms with van der Waals surface area (Å²) in [7, 11) is 0. The Balaban J connectivity index is 2.50. The van der Waals surface area contributed by atoms with Crippen LogP contribution in [-0.4, -0.2) is 35.1 Å². The van der Waals surface area contributed by atoms with Gasteiger partial charge >= 0.3 is 6.09 Å². The maximum Gasteiger partial charge on any atom is 0.404 e. The molecule has 0 bridgehead atoms. The number of carbonyl (C=O) groups excluding carboxylic acids is 1. The van der Waals surface area contributed by atoms with Crippen molar-refractivity contribution in [3.05, 3.63) is 29.8 Å². The van der Waals surface area contributed by atoms with Crippen LogP contribution in [-0.2, 0) is 4.74 Å². The molecule has 0 aliphatic rings. The highest BCUT2D eigenvalue weighted by molar-refractivity contribution is 5.64. The first-order valence-corrected chi connectivity index (χ1v) is 5.86. The molecule has 0 saturated heterocycles. The molecule has 6 nitrogen and oxygen atoms in total. The minimum absolute atomic E-state index is 0.0728. The molecule has 0 aliphatic heterocycles. The van der Waals surface area contributed by atoms with Gasteiger partial charge < -0.3 is 25.4 Å². The fourth-order valence-electron chi connectivity index (χ4n) is 1.46. The Morgan fingerprint density at radius 2 is 1.89 bits per heavy atom. The summed E-state index contributed by atoms with van der Waals surface area (Å²) < 4.78 is 9.81. The van der Waals surface area contributed by atoms with Gasteiger partial charge in [-0.1, -0.05) is 12.1 Å². The van der Waals surface area contributed by atoms with Crippen LogP contribution >= 0.6 is 0 Å². The third kappa shape index (κ3) is 5.15. The Hall–Kier alpha value is -1.79. The molecule has 1 aromatic carbocycles. The van der Waals surface area contributed by atoms with E-state index in [-0.39, 0.29) is 13.2 Å². The average Bonchev–Trinajstić information content (AvgIpc) is 2.33. The van der Waals surface area contributed by atoms with Gasteiger partial charge in [-0.2, -0.15) is 0 Å². The van der Waals surface area contributed by atoms with Gasteiger partial charge in [0.2, 0.25) is 0 Å². The van der Waals surface area contributed by atoms with E-state index in [1.807, 2.05) is 0 Å². The fourth-order valence-corrected chi connectivity index (χ4v) is 1.46. The van der Waals surface area contributed by atoms with Crippen LogP contribution in [0.3, 0.4) is 0 Å². The third-order valence-electron chi connectivity index (χ3n) is 2.46. The molecule has 1 aromatic rings. The van der Waals surface area contributed by atoms with E-state index in [2.05, 4.69) is 4.74 Å². The Kier molecular flexibility index (Phi) is 5.14. The van der Waals surface area contributed by atoms with Crippen molar-refractivity contribution in [2.45, 2.75) is 25.6 Å². The zero-order chi connectivity index (χ0) is 14.5. The molecule has 0 fully saturated rings. The average molecular weight is 269 g/mol. The van der Waals surface area contributed by atoms with E-state index in [1.54, 1.807) is 24.3 Å². The Labute approximate surface area is 111 Å². The lowest BCUT2D eigenvalue weighted by molar-refractivity contribution is -0.0497. The topological polar surface area (TPSA) is 102 Å². The van der Waals surface area contributed by atoms with Crippen LogP contribution in [0, 0.1) is 0 Å². The maximum absolute atomic E-state index is 10.3. The van der Waals surface area contributed by atoms with Crippen molar-refractivity contribution in [3.63, 3.8) is 0 Å². The molecule has 19 heavy (non-hydrogen) atoms. The van der Waals surface area contributed by atoms with E-state index in [1.165, 1.54) is 13.8 Å². The number of benzene rings is 1. The molecule has 1 atom stereocenters. The number of ether oxygens (including phenoxy) is 2. The molecule has 0 aromatic heterocycles. The quantitative estimate of drug-likeness (QED) is 0.668. The molecule has 4 N–H and O–H groups in total. The van der Waals surface area contributed by atoms with Crippen molar-refractivity contribution < 1.29 is 24.5 Å². The van der Waals surface area contributed by atoms with Gasteiger partial charge in [0.1, 0.15) is 25.1 Å². The number of aliphatic hydroxyl groups is 2. The van der Waals surface area contributed by atoms with Crippen LogP contribution in [0.2, 0.25) is 0 Å². The van der Waals surface area contributed by atoms with E-state index >= 15 is 0 Å². The molecular weight excluding hydrogens is 250 g/mol. The molecule has 0 heterocycles. The van der Waals surface area contributed by atoms with Gasteiger partial charge in [-0.3, -0.25) is 0 Å². The van der Waals surface area contributed by atoms with E-state index < -0.39 is 17.8 Å². The van der Waals surface area contributed by atoms with Gasteiger partial charge in [-0.25, -0.2) is 4.79 Å². The van der Waals surface area contributed by atoms with Gasteiger partial charge in [0.15, 0.2) is 0 Å². The summed E-state index contributed by atoms with van der Waals surface area (Å²) in [5.74, 6) is 0.569. The summed E-state index contributed by atoms with van der Waals surface area (Å²) in [6.07, 6.45) is -1.81. The van der Waals surface area contributed by atoms with Gasteiger partial charge in [0.25, 0.3) is 0 Å². The second kappa shape index (κ2) is 6.40. The number of hydrogen-bond donors (Lipinski definition) is 3. The highest BCUT2D eigenvalue weighted by Crippen LogP contribution is 2.26. The Morgan fingerprint density at radius 3 is 2.37 bits per heavy atom. The van der Waals surface area contributed by atoms with Crippen LogP contribution in [0.4, 0.5) is 4.79 Å². The first kappa shape index (κ1) is 15.3. The highest BCUT2D eigenvalue weighted by Gasteiger charge is 2.25. The monoisotopic (exact) mass is 269 g/mol. The number of primary amides is 1. The van der Waals surface area contributed by atoms with E-state index in [4.69, 9.17) is 10.5 Å². The lowest BCUT2D eigenvalue weighted by Crippen LogP contribution is -2.28. The summed E-state index contributed by atoms with van der Waals surface area (Å²) in [4.78, 5) is 10.3. The van der Waals surface area contributed by atoms with Gasteiger partial charge in [0, 0.05) is 0 Å². The molecule has 1 unspecified atom stereocenters. The SMILES string of the molecule is CC(C)(O)C(O)c1ccc(OCCOC(N)=O)cc1. The second-order valence-corrected chi connectivity index (χ2v) is 4.64. The van der Waals surface area contributed by atoms with Crippen molar-refractivity contribution in [3.8, 4) is 5.75 Å². The number of hydrogen-bond acceptors (Lipinski definition) is 5. The van der Waals surface area contributed by atoms with Gasteiger partial charge in [0.05, 0.1) is 5.60 Å². The molecule has 0 aliphatic carbocycles. The maximum atomic E-state index is 10.3. The van der Waals surface area contributed by atoms with Crippen molar-refractivity contribution in [1.82, 2.24) is 0 Å². The number of rotatable bonds is 6. The van der Waals surface area contributed by atoms with Crippen molar-refractivity contribution in [2.75, 3.05) is 13.2 Å². The predicted molar refractivity (Wildman–Crippen MR) is 68.7 cm³/mol. The minimum atomic E-state index is -1.21. The molecule has 0 radical (unpaired) electrons. The standard InChI is InChI=1S/C13H19NO5/c1-13(2,17)11(15)9-3-5-10(6-4-9)18-7-8-19-12(14)16/h3-6,11,15,17H,7-8H2,1-2H3,(H2,14,16). The van der Waals surface area contributed by atoms with E-state index in [9.17, 15) is 15.0 Å². The first-order valence-electron chi connectivity index (χ1n) is 5.86. The molecule has 1 amide bonds. The minimum Gasteiger partial charge on any atom is -0.490 e. The molecule has 1 rings (SSSR count). The van der Waals surface area contributed by atoms with Crippen LogP contribution < -0.4 is 10.5 Å². The Morgan fingerprint density at radius 1 is 1.32 bits per heavy atom. The molecular formula is C13H19NO5. The largest absolute Gasteiger partial charge is 0.490 e. The van der Waals surface area contributed by atoms with E-state index in [0.717, 1.165) is 0 Å². The summed E-state index contributed by atoms with van der Waals surface area (Å²) in [6, 6.07) is 6.64. The smallest absolute Gasteiger partial charge is 0.404 e. The number of nitrogens with two attached hydrogens (primary N) is 1. The summed E-state index contributed by atoms with van der Waals surface area (Å²) in [5.41, 5.74) is 4.18. The number of carbonyl (C=O) groups is 1. The molecule has 106 valence electrons. The van der Waals surface area contributed by atoms with Crippen molar-refractivity contribution in [1.29, 1.82) is 0 Å². The molecule has 0 saturated carbocycles. The van der Waals surface area contributed by atoms with Crippen molar-refractivity contribution >= 4 is 6.09 Å². The van der Waals surface area contributed by atoms with Crippen LogP contribution in [0.5, 0.6) is 5.75 Å². The molecule has 0 spiro atoms. The molecule has 6 heteroatoms. The lowest BCUT2D eigenvalue weighted by Gasteiger charge is -2.24. The normalized spacial score (nSPS) is 12.8. The fraction of sp³-hybridized carbons (Fsp3) is 0.462. The summed E-state index contributed by atoms with van der Waals surface area (Å²) in [5, 5.41) is 19.6. The van der Waals surface area contributed by atoms with Crippen molar-refractivity contribution in [2.24, 2.45) is 5.73 Å². The number of amides is 1. The zero-order valence-corrected chi connectivity index (χ0v) is 11.0. The third-order valence-corrected chi connectivity index (χ3v) is 2.46. The van der Waals surface area contributed by atoms with Gasteiger partial charge in [-0.05, 0) is 31.5 Å². The predicted octanol–water partition coefficient (Wildman–Crippen LogP) is 0.965. The summed E-state index contributed by atoms with van der Waals surface area (Å²) >= 11 is 0. The van der Waals surface area contributed by atoms with Crippen LogP contribution in [0.25, 0.3) is 0 Å². The highest BCUT2D eigenvalue weighted by atomic mass is 16.6.